The lowest BCUT2D eigenvalue weighted by Crippen LogP contribution is -3.14. The van der Waals surface area contributed by atoms with Gasteiger partial charge >= 0.3 is 0 Å². The molecule has 1 heterocycles. The molecule has 1 aliphatic rings. The lowest BCUT2D eigenvalue weighted by molar-refractivity contribution is -0.907. The molecule has 4 nitrogen and oxygen atoms in total. The minimum atomic E-state index is 0. The summed E-state index contributed by atoms with van der Waals surface area (Å²) in [5.41, 5.74) is 0.839. The van der Waals surface area contributed by atoms with E-state index in [1.54, 1.807) is 0 Å². The first-order chi connectivity index (χ1) is 8.74. The molecular formula is C13H18BrClN2O2. The lowest BCUT2D eigenvalue weighted by Gasteiger charge is -2.23. The summed E-state index contributed by atoms with van der Waals surface area (Å²) < 4.78 is 6.26. The van der Waals surface area contributed by atoms with E-state index in [1.807, 2.05) is 24.3 Å². The number of benzene rings is 1. The first kappa shape index (κ1) is 16.4. The molecule has 1 aromatic carbocycles. The van der Waals surface area contributed by atoms with Gasteiger partial charge in [0.2, 0.25) is 5.91 Å². The molecule has 0 radical (unpaired) electrons. The van der Waals surface area contributed by atoms with Gasteiger partial charge in [-0.05, 0) is 18.2 Å². The third-order valence-corrected chi connectivity index (χ3v) is 3.51. The molecule has 0 saturated carbocycles. The summed E-state index contributed by atoms with van der Waals surface area (Å²) in [5.74, 6) is 0.0760. The number of hydrogen-bond donors (Lipinski definition) is 2. The van der Waals surface area contributed by atoms with Crippen molar-refractivity contribution in [1.29, 1.82) is 0 Å². The van der Waals surface area contributed by atoms with E-state index in [-0.39, 0.29) is 18.3 Å². The summed E-state index contributed by atoms with van der Waals surface area (Å²) in [4.78, 5) is 13.2. The largest absolute Gasteiger partial charge is 1.00 e. The second-order valence-corrected chi connectivity index (χ2v) is 5.34. The van der Waals surface area contributed by atoms with Crippen LogP contribution in [-0.2, 0) is 9.53 Å². The molecule has 2 rings (SSSR count). The molecule has 0 aromatic heterocycles. The summed E-state index contributed by atoms with van der Waals surface area (Å²) in [6, 6.07) is 7.64. The van der Waals surface area contributed by atoms with Gasteiger partial charge in [0.1, 0.15) is 13.1 Å². The standard InChI is InChI=1S/C13H17BrN2O2.ClH/c14-11-2-1-3-12(10-11)15-13(17)4-5-16-6-8-18-9-7-16;/h1-3,10H,4-9H2,(H,15,17);1H. The summed E-state index contributed by atoms with van der Waals surface area (Å²) in [6.07, 6.45) is 0.557. The van der Waals surface area contributed by atoms with Crippen LogP contribution in [-0.4, -0.2) is 38.8 Å². The van der Waals surface area contributed by atoms with Gasteiger partial charge in [-0.1, -0.05) is 22.0 Å². The Kier molecular flexibility index (Phi) is 7.38. The van der Waals surface area contributed by atoms with Crippen molar-refractivity contribution >= 4 is 27.5 Å². The fourth-order valence-electron chi connectivity index (χ4n) is 1.99. The molecule has 1 aromatic rings. The number of hydrogen-bond acceptors (Lipinski definition) is 2. The van der Waals surface area contributed by atoms with Crippen molar-refractivity contribution in [1.82, 2.24) is 0 Å². The van der Waals surface area contributed by atoms with E-state index in [1.165, 1.54) is 4.90 Å². The number of carbonyl (C=O) groups is 1. The Labute approximate surface area is 128 Å². The molecule has 0 unspecified atom stereocenters. The van der Waals surface area contributed by atoms with Gasteiger partial charge in [-0.25, -0.2) is 0 Å². The van der Waals surface area contributed by atoms with Crippen molar-refractivity contribution in [2.24, 2.45) is 0 Å². The number of morpholine rings is 1. The lowest BCUT2D eigenvalue weighted by atomic mass is 10.3. The van der Waals surface area contributed by atoms with Gasteiger partial charge in [-0.2, -0.15) is 0 Å². The second kappa shape index (κ2) is 8.53. The van der Waals surface area contributed by atoms with Crippen molar-refractivity contribution < 1.29 is 26.8 Å². The van der Waals surface area contributed by atoms with Crippen molar-refractivity contribution in [3.05, 3.63) is 28.7 Å². The molecule has 2 N–H and O–H groups in total. The normalized spacial score (nSPS) is 15.6. The van der Waals surface area contributed by atoms with E-state index in [4.69, 9.17) is 4.74 Å². The number of anilines is 1. The van der Waals surface area contributed by atoms with Gasteiger partial charge in [-0.3, -0.25) is 4.79 Å². The molecule has 106 valence electrons. The number of amides is 1. The molecule has 6 heteroatoms. The van der Waals surface area contributed by atoms with Gasteiger partial charge in [0.15, 0.2) is 0 Å². The van der Waals surface area contributed by atoms with E-state index in [9.17, 15) is 4.79 Å². The highest BCUT2D eigenvalue weighted by Crippen LogP contribution is 2.15. The van der Waals surface area contributed by atoms with Crippen molar-refractivity contribution in [3.8, 4) is 0 Å². The molecule has 1 aliphatic heterocycles. The quantitative estimate of drug-likeness (QED) is 0.642. The smallest absolute Gasteiger partial charge is 0.230 e. The zero-order valence-electron chi connectivity index (χ0n) is 10.6. The minimum absolute atomic E-state index is 0. The summed E-state index contributed by atoms with van der Waals surface area (Å²) in [7, 11) is 0. The average Bonchev–Trinajstić information content (AvgIpc) is 2.38. The number of halogens is 2. The molecule has 1 fully saturated rings. The first-order valence-corrected chi connectivity index (χ1v) is 7.00. The predicted molar refractivity (Wildman–Crippen MR) is 73.8 cm³/mol. The Morgan fingerprint density at radius 2 is 2.11 bits per heavy atom. The molecule has 1 amide bonds. The molecule has 0 spiro atoms. The van der Waals surface area contributed by atoms with Crippen LogP contribution in [0.3, 0.4) is 0 Å². The van der Waals surface area contributed by atoms with Crippen molar-refractivity contribution in [3.63, 3.8) is 0 Å². The fourth-order valence-corrected chi connectivity index (χ4v) is 2.39. The number of ether oxygens (including phenoxy) is 1. The predicted octanol–water partition coefficient (Wildman–Crippen LogP) is -2.30. The van der Waals surface area contributed by atoms with Crippen molar-refractivity contribution in [2.45, 2.75) is 6.42 Å². The Hall–Kier alpha value is -0.620. The maximum Gasteiger partial charge on any atom is 0.230 e. The van der Waals surface area contributed by atoms with Gasteiger partial charge in [0, 0.05) is 10.2 Å². The van der Waals surface area contributed by atoms with Crippen LogP contribution < -0.4 is 22.6 Å². The van der Waals surface area contributed by atoms with Crippen LogP contribution in [0.1, 0.15) is 6.42 Å². The Balaban J connectivity index is 0.00000180. The third-order valence-electron chi connectivity index (χ3n) is 3.01. The third kappa shape index (κ3) is 5.91. The zero-order chi connectivity index (χ0) is 12.8. The second-order valence-electron chi connectivity index (χ2n) is 4.42. The van der Waals surface area contributed by atoms with E-state index in [0.29, 0.717) is 6.42 Å². The molecule has 0 bridgehead atoms. The molecule has 0 aliphatic carbocycles. The van der Waals surface area contributed by atoms with E-state index in [2.05, 4.69) is 21.2 Å². The highest BCUT2D eigenvalue weighted by Gasteiger charge is 2.15. The maximum atomic E-state index is 11.8. The van der Waals surface area contributed by atoms with Crippen LogP contribution in [0.4, 0.5) is 5.69 Å². The molecule has 1 saturated heterocycles. The summed E-state index contributed by atoms with van der Waals surface area (Å²) in [6.45, 7) is 4.50. The maximum absolute atomic E-state index is 11.8. The Bertz CT molecular complexity index is 411. The SMILES string of the molecule is O=C(CC[NH+]1CCOCC1)Nc1cccc(Br)c1.[Cl-]. The average molecular weight is 350 g/mol. The van der Waals surface area contributed by atoms with Crippen molar-refractivity contribution in [2.75, 3.05) is 38.2 Å². The number of nitrogens with one attached hydrogen (secondary N) is 2. The first-order valence-electron chi connectivity index (χ1n) is 6.21. The molecule has 19 heavy (non-hydrogen) atoms. The molecular weight excluding hydrogens is 332 g/mol. The van der Waals surface area contributed by atoms with Crippen LogP contribution in [0.25, 0.3) is 0 Å². The monoisotopic (exact) mass is 348 g/mol. The van der Waals surface area contributed by atoms with Crippen LogP contribution in [0.5, 0.6) is 0 Å². The van der Waals surface area contributed by atoms with Gasteiger partial charge in [0.25, 0.3) is 0 Å². The van der Waals surface area contributed by atoms with Crippen LogP contribution in [0, 0.1) is 0 Å². The van der Waals surface area contributed by atoms with E-state index in [0.717, 1.165) is 43.0 Å². The van der Waals surface area contributed by atoms with Crippen LogP contribution in [0.15, 0.2) is 28.7 Å². The van der Waals surface area contributed by atoms with Crippen LogP contribution >= 0.6 is 15.9 Å². The highest BCUT2D eigenvalue weighted by atomic mass is 79.9. The fraction of sp³-hybridized carbons (Fsp3) is 0.462. The van der Waals surface area contributed by atoms with Gasteiger partial charge in [-0.15, -0.1) is 0 Å². The molecule has 0 atom stereocenters. The highest BCUT2D eigenvalue weighted by molar-refractivity contribution is 9.10. The van der Waals surface area contributed by atoms with E-state index < -0.39 is 0 Å². The minimum Gasteiger partial charge on any atom is -1.00 e. The van der Waals surface area contributed by atoms with Gasteiger partial charge in [0.05, 0.1) is 26.2 Å². The Morgan fingerprint density at radius 1 is 1.37 bits per heavy atom. The number of quaternary nitrogens is 1. The van der Waals surface area contributed by atoms with Gasteiger partial charge < -0.3 is 27.4 Å². The van der Waals surface area contributed by atoms with E-state index >= 15 is 0 Å². The zero-order valence-corrected chi connectivity index (χ0v) is 13.0. The summed E-state index contributed by atoms with van der Waals surface area (Å²) >= 11 is 3.38. The number of rotatable bonds is 4. The number of carbonyl (C=O) groups excluding carboxylic acids is 1. The topological polar surface area (TPSA) is 42.8 Å². The van der Waals surface area contributed by atoms with Crippen LogP contribution in [0.2, 0.25) is 0 Å². The Morgan fingerprint density at radius 3 is 2.79 bits per heavy atom. The summed E-state index contributed by atoms with van der Waals surface area (Å²) in [5, 5.41) is 2.91.